The molecule has 2 aromatic rings. The molecule has 0 aliphatic carbocycles. The lowest BCUT2D eigenvalue weighted by Gasteiger charge is -2.34. The van der Waals surface area contributed by atoms with Gasteiger partial charge in [0.1, 0.15) is 0 Å². The maximum atomic E-state index is 6.17. The third-order valence-corrected chi connectivity index (χ3v) is 3.78. The van der Waals surface area contributed by atoms with E-state index in [0.717, 1.165) is 18.3 Å². The first-order valence-corrected chi connectivity index (χ1v) is 7.27. The largest absolute Gasteiger partial charge is 0.494 e. The van der Waals surface area contributed by atoms with E-state index in [9.17, 15) is 0 Å². The van der Waals surface area contributed by atoms with Crippen LogP contribution < -0.4 is 5.46 Å². The summed E-state index contributed by atoms with van der Waals surface area (Å²) in [6.07, 6.45) is 2.29. The third-order valence-electron chi connectivity index (χ3n) is 3.78. The molecule has 0 radical (unpaired) electrons. The Hall–Kier alpha value is -1.58. The summed E-state index contributed by atoms with van der Waals surface area (Å²) < 4.78 is 12.2. The lowest BCUT2D eigenvalue weighted by molar-refractivity contribution is 0.0200. The molecule has 0 bridgehead atoms. The Balaban J connectivity index is 1.83. The molecule has 1 aliphatic rings. The van der Waals surface area contributed by atoms with Crippen molar-refractivity contribution < 1.29 is 9.31 Å². The van der Waals surface area contributed by atoms with Gasteiger partial charge in [0.2, 0.25) is 0 Å². The Bertz CT molecular complexity index is 482. The number of benzene rings is 2. The summed E-state index contributed by atoms with van der Waals surface area (Å²) in [5.41, 5.74) is 2.32. The molecule has 2 aromatic carbocycles. The zero-order valence-corrected chi connectivity index (χ0v) is 11.7. The first-order chi connectivity index (χ1) is 9.86. The van der Waals surface area contributed by atoms with E-state index in [-0.39, 0.29) is 19.3 Å². The maximum absolute atomic E-state index is 6.17. The van der Waals surface area contributed by atoms with Crippen LogP contribution in [0.1, 0.15) is 31.4 Å². The molecule has 102 valence electrons. The van der Waals surface area contributed by atoms with Crippen LogP contribution in [-0.4, -0.2) is 13.2 Å². The molecule has 0 unspecified atom stereocenters. The van der Waals surface area contributed by atoms with Crippen molar-refractivity contribution in [3.63, 3.8) is 0 Å². The minimum absolute atomic E-state index is 0.111. The highest BCUT2D eigenvalue weighted by atomic mass is 16.6. The van der Waals surface area contributed by atoms with Crippen molar-refractivity contribution in [1.82, 2.24) is 0 Å². The second-order valence-corrected chi connectivity index (χ2v) is 5.18. The van der Waals surface area contributed by atoms with E-state index in [0.29, 0.717) is 0 Å². The van der Waals surface area contributed by atoms with E-state index in [1.165, 1.54) is 5.56 Å². The highest BCUT2D eigenvalue weighted by molar-refractivity contribution is 6.61. The minimum atomic E-state index is -0.264. The van der Waals surface area contributed by atoms with E-state index < -0.39 is 0 Å². The summed E-state index contributed by atoms with van der Waals surface area (Å²) in [5, 5.41) is 0. The summed E-state index contributed by atoms with van der Waals surface area (Å²) in [4.78, 5) is 0. The van der Waals surface area contributed by atoms with Crippen molar-refractivity contribution in [1.29, 1.82) is 0 Å². The molecule has 0 saturated carbocycles. The Morgan fingerprint density at radius 1 is 0.950 bits per heavy atom. The van der Waals surface area contributed by atoms with E-state index in [1.54, 1.807) is 0 Å². The smallest absolute Gasteiger partial charge is 0.404 e. The molecule has 0 spiro atoms. The van der Waals surface area contributed by atoms with Crippen LogP contribution in [0.15, 0.2) is 60.7 Å². The van der Waals surface area contributed by atoms with Crippen LogP contribution in [0, 0.1) is 0 Å². The minimum Gasteiger partial charge on any atom is -0.404 e. The van der Waals surface area contributed by atoms with Crippen molar-refractivity contribution >= 4 is 12.6 Å². The molecule has 3 rings (SSSR count). The molecular formula is C17H19BO2. The lowest BCUT2D eigenvalue weighted by Crippen LogP contribution is -2.45. The number of hydrogen-bond donors (Lipinski definition) is 0. The topological polar surface area (TPSA) is 18.5 Å². The second kappa shape index (κ2) is 6.25. The van der Waals surface area contributed by atoms with Crippen LogP contribution in [0.25, 0.3) is 0 Å². The van der Waals surface area contributed by atoms with E-state index >= 15 is 0 Å². The van der Waals surface area contributed by atoms with E-state index in [1.807, 2.05) is 24.3 Å². The lowest BCUT2D eigenvalue weighted by atomic mass is 9.76. The molecule has 1 heterocycles. The van der Waals surface area contributed by atoms with Gasteiger partial charge in [-0.15, -0.1) is 0 Å². The molecule has 1 aliphatic heterocycles. The standard InChI is InChI=1S/C17H19BO2/c1-2-16-13-17(14-9-5-3-6-10-14)20-18(19-16)15-11-7-4-8-12-15/h3-12,16-17H,2,13H2,1H3/t16-,17-/m1/s1. The first kappa shape index (κ1) is 13.4. The SMILES string of the molecule is CC[C@@H]1C[C@H](c2ccccc2)OB(c2ccccc2)O1. The van der Waals surface area contributed by atoms with Gasteiger partial charge < -0.3 is 9.31 Å². The van der Waals surface area contributed by atoms with E-state index in [4.69, 9.17) is 9.31 Å². The summed E-state index contributed by atoms with van der Waals surface area (Å²) in [5.74, 6) is 0. The van der Waals surface area contributed by atoms with Crippen LogP contribution in [0.3, 0.4) is 0 Å². The van der Waals surface area contributed by atoms with Crippen LogP contribution in [0.5, 0.6) is 0 Å². The monoisotopic (exact) mass is 266 g/mol. The molecule has 0 amide bonds. The molecule has 20 heavy (non-hydrogen) atoms. The summed E-state index contributed by atoms with van der Waals surface area (Å²) in [6, 6.07) is 20.6. The average Bonchev–Trinajstić information content (AvgIpc) is 2.56. The Kier molecular flexibility index (Phi) is 4.19. The normalized spacial score (nSPS) is 22.8. The van der Waals surface area contributed by atoms with Gasteiger partial charge >= 0.3 is 7.12 Å². The molecule has 2 nitrogen and oxygen atoms in total. The van der Waals surface area contributed by atoms with Crippen molar-refractivity contribution in [2.45, 2.75) is 32.0 Å². The van der Waals surface area contributed by atoms with E-state index in [2.05, 4.69) is 43.3 Å². The Labute approximate surface area is 120 Å². The van der Waals surface area contributed by atoms with Crippen LogP contribution >= 0.6 is 0 Å². The summed E-state index contributed by atoms with van der Waals surface area (Å²) in [7, 11) is -0.264. The first-order valence-electron chi connectivity index (χ1n) is 7.27. The number of rotatable bonds is 3. The molecular weight excluding hydrogens is 247 g/mol. The fourth-order valence-electron chi connectivity index (χ4n) is 2.62. The van der Waals surface area contributed by atoms with Crippen molar-refractivity contribution in [3.8, 4) is 0 Å². The van der Waals surface area contributed by atoms with Gasteiger partial charge in [-0.05, 0) is 17.4 Å². The average molecular weight is 266 g/mol. The third kappa shape index (κ3) is 2.95. The van der Waals surface area contributed by atoms with Gasteiger partial charge in [0, 0.05) is 12.5 Å². The molecule has 1 fully saturated rings. The van der Waals surface area contributed by atoms with Gasteiger partial charge in [0.05, 0.1) is 6.10 Å². The van der Waals surface area contributed by atoms with Crippen molar-refractivity contribution in [2.24, 2.45) is 0 Å². The maximum Gasteiger partial charge on any atom is 0.494 e. The van der Waals surface area contributed by atoms with Crippen molar-refractivity contribution in [3.05, 3.63) is 66.2 Å². The second-order valence-electron chi connectivity index (χ2n) is 5.18. The molecule has 0 aromatic heterocycles. The Morgan fingerprint density at radius 2 is 1.60 bits per heavy atom. The highest BCUT2D eigenvalue weighted by Gasteiger charge is 2.35. The molecule has 1 saturated heterocycles. The summed E-state index contributed by atoms with van der Waals surface area (Å²) in [6.45, 7) is 2.17. The van der Waals surface area contributed by atoms with Gasteiger partial charge in [-0.3, -0.25) is 0 Å². The van der Waals surface area contributed by atoms with Gasteiger partial charge in [0.25, 0.3) is 0 Å². The molecule has 0 N–H and O–H groups in total. The highest BCUT2D eigenvalue weighted by Crippen LogP contribution is 2.30. The Morgan fingerprint density at radius 3 is 2.25 bits per heavy atom. The van der Waals surface area contributed by atoms with Gasteiger partial charge in [-0.2, -0.15) is 0 Å². The van der Waals surface area contributed by atoms with Crippen LogP contribution in [0.4, 0.5) is 0 Å². The fourth-order valence-corrected chi connectivity index (χ4v) is 2.62. The molecule has 3 heteroatoms. The van der Waals surface area contributed by atoms with Crippen LogP contribution in [0.2, 0.25) is 0 Å². The van der Waals surface area contributed by atoms with Crippen molar-refractivity contribution in [2.75, 3.05) is 0 Å². The quantitative estimate of drug-likeness (QED) is 0.793. The zero-order chi connectivity index (χ0) is 13.8. The predicted molar refractivity (Wildman–Crippen MR) is 81.9 cm³/mol. The van der Waals surface area contributed by atoms with Gasteiger partial charge in [-0.25, -0.2) is 0 Å². The fraction of sp³-hybridized carbons (Fsp3) is 0.294. The predicted octanol–water partition coefficient (Wildman–Crippen LogP) is 3.34. The van der Waals surface area contributed by atoms with Crippen LogP contribution in [-0.2, 0) is 9.31 Å². The summed E-state index contributed by atoms with van der Waals surface area (Å²) >= 11 is 0. The van der Waals surface area contributed by atoms with Gasteiger partial charge in [0.15, 0.2) is 0 Å². The number of hydrogen-bond acceptors (Lipinski definition) is 2. The van der Waals surface area contributed by atoms with Gasteiger partial charge in [-0.1, -0.05) is 67.6 Å². The zero-order valence-electron chi connectivity index (χ0n) is 11.7. The molecule has 2 atom stereocenters.